The van der Waals surface area contributed by atoms with Crippen molar-refractivity contribution in [2.45, 2.75) is 60.3 Å². The van der Waals surface area contributed by atoms with Crippen molar-refractivity contribution in [2.24, 2.45) is 22.2 Å². The SMILES string of the molecule is CCCC1(C(=O)NCC2C(C)(C)C2(C)C)CCNCC1. The summed E-state index contributed by atoms with van der Waals surface area (Å²) in [5.74, 6) is 0.915. The predicted octanol–water partition coefficient (Wildman–Crippen LogP) is 2.95. The molecule has 2 rings (SSSR count). The van der Waals surface area contributed by atoms with Crippen LogP contribution in [-0.4, -0.2) is 25.5 Å². The van der Waals surface area contributed by atoms with Gasteiger partial charge in [-0.2, -0.15) is 0 Å². The summed E-state index contributed by atoms with van der Waals surface area (Å²) < 4.78 is 0. The van der Waals surface area contributed by atoms with Gasteiger partial charge in [-0.25, -0.2) is 0 Å². The molecule has 2 fully saturated rings. The Morgan fingerprint density at radius 1 is 1.15 bits per heavy atom. The topological polar surface area (TPSA) is 41.1 Å². The molecule has 0 aromatic carbocycles. The van der Waals surface area contributed by atoms with E-state index in [1.807, 2.05) is 0 Å². The number of rotatable bonds is 5. The normalized spacial score (nSPS) is 27.1. The van der Waals surface area contributed by atoms with E-state index in [0.29, 0.717) is 22.7 Å². The number of piperidine rings is 1. The molecule has 0 unspecified atom stereocenters. The van der Waals surface area contributed by atoms with Crippen LogP contribution in [0.25, 0.3) is 0 Å². The van der Waals surface area contributed by atoms with Gasteiger partial charge in [0.1, 0.15) is 0 Å². The molecule has 1 saturated heterocycles. The van der Waals surface area contributed by atoms with Crippen molar-refractivity contribution >= 4 is 5.91 Å². The minimum Gasteiger partial charge on any atom is -0.355 e. The average molecular weight is 280 g/mol. The lowest BCUT2D eigenvalue weighted by atomic mass is 9.74. The largest absolute Gasteiger partial charge is 0.355 e. The molecule has 0 bridgehead atoms. The van der Waals surface area contributed by atoms with Gasteiger partial charge in [0.15, 0.2) is 0 Å². The summed E-state index contributed by atoms with van der Waals surface area (Å²) in [6.45, 7) is 14.3. The number of nitrogens with one attached hydrogen (secondary N) is 2. The average Bonchev–Trinajstić information content (AvgIpc) is 2.78. The van der Waals surface area contributed by atoms with Gasteiger partial charge < -0.3 is 10.6 Å². The summed E-state index contributed by atoms with van der Waals surface area (Å²) in [4.78, 5) is 12.7. The molecule has 1 saturated carbocycles. The van der Waals surface area contributed by atoms with Gasteiger partial charge in [-0.1, -0.05) is 41.0 Å². The third kappa shape index (κ3) is 2.49. The zero-order chi connectivity index (χ0) is 15.0. The number of amides is 1. The van der Waals surface area contributed by atoms with E-state index in [0.717, 1.165) is 45.3 Å². The highest BCUT2D eigenvalue weighted by molar-refractivity contribution is 5.82. The Bertz CT molecular complexity index is 348. The Kier molecular flexibility index (Phi) is 4.21. The lowest BCUT2D eigenvalue weighted by molar-refractivity contribution is -0.133. The summed E-state index contributed by atoms with van der Waals surface area (Å²) in [5.41, 5.74) is 0.599. The Morgan fingerprint density at radius 3 is 2.15 bits per heavy atom. The minimum atomic E-state index is -0.108. The summed E-state index contributed by atoms with van der Waals surface area (Å²) in [7, 11) is 0. The van der Waals surface area contributed by atoms with Crippen LogP contribution in [0.4, 0.5) is 0 Å². The highest BCUT2D eigenvalue weighted by Gasteiger charge is 2.64. The molecular formula is C17H32N2O. The van der Waals surface area contributed by atoms with Crippen molar-refractivity contribution in [2.75, 3.05) is 19.6 Å². The van der Waals surface area contributed by atoms with Crippen LogP contribution in [0.1, 0.15) is 60.3 Å². The van der Waals surface area contributed by atoms with Crippen LogP contribution in [0.15, 0.2) is 0 Å². The maximum atomic E-state index is 12.7. The Hall–Kier alpha value is -0.570. The third-order valence-electron chi connectivity index (χ3n) is 6.56. The van der Waals surface area contributed by atoms with Gasteiger partial charge in [0.25, 0.3) is 0 Å². The number of carbonyl (C=O) groups is 1. The number of hydrogen-bond donors (Lipinski definition) is 2. The van der Waals surface area contributed by atoms with Gasteiger partial charge >= 0.3 is 0 Å². The van der Waals surface area contributed by atoms with Gasteiger partial charge in [0.05, 0.1) is 5.41 Å². The van der Waals surface area contributed by atoms with Crippen LogP contribution in [0.5, 0.6) is 0 Å². The van der Waals surface area contributed by atoms with Crippen LogP contribution in [0.2, 0.25) is 0 Å². The first kappa shape index (κ1) is 15.8. The molecule has 1 aliphatic carbocycles. The molecule has 2 aliphatic rings. The fourth-order valence-electron chi connectivity index (χ4n) is 4.20. The van der Waals surface area contributed by atoms with Crippen LogP contribution < -0.4 is 10.6 Å². The van der Waals surface area contributed by atoms with Gasteiger partial charge in [-0.05, 0) is 49.1 Å². The first-order valence-electron chi connectivity index (χ1n) is 8.27. The molecule has 0 radical (unpaired) electrons. The summed E-state index contributed by atoms with van der Waals surface area (Å²) >= 11 is 0. The highest BCUT2D eigenvalue weighted by Crippen LogP contribution is 2.67. The van der Waals surface area contributed by atoms with E-state index in [-0.39, 0.29) is 5.41 Å². The zero-order valence-corrected chi connectivity index (χ0v) is 13.9. The quantitative estimate of drug-likeness (QED) is 0.813. The lowest BCUT2D eigenvalue weighted by Gasteiger charge is -2.36. The van der Waals surface area contributed by atoms with Crippen molar-refractivity contribution in [3.05, 3.63) is 0 Å². The summed E-state index contributed by atoms with van der Waals surface area (Å²) in [5, 5.41) is 6.66. The Morgan fingerprint density at radius 2 is 1.70 bits per heavy atom. The lowest BCUT2D eigenvalue weighted by Crippen LogP contribution is -2.48. The van der Waals surface area contributed by atoms with E-state index in [1.54, 1.807) is 0 Å². The fraction of sp³-hybridized carbons (Fsp3) is 0.941. The van der Waals surface area contributed by atoms with Crippen LogP contribution in [0, 0.1) is 22.2 Å². The van der Waals surface area contributed by atoms with E-state index < -0.39 is 0 Å². The number of carbonyl (C=O) groups excluding carboxylic acids is 1. The van der Waals surface area contributed by atoms with Crippen molar-refractivity contribution in [3.8, 4) is 0 Å². The maximum Gasteiger partial charge on any atom is 0.226 e. The monoisotopic (exact) mass is 280 g/mol. The Balaban J connectivity index is 1.93. The molecule has 0 aromatic rings. The maximum absolute atomic E-state index is 12.7. The van der Waals surface area contributed by atoms with Crippen LogP contribution >= 0.6 is 0 Å². The molecule has 1 aliphatic heterocycles. The van der Waals surface area contributed by atoms with E-state index >= 15 is 0 Å². The smallest absolute Gasteiger partial charge is 0.226 e. The minimum absolute atomic E-state index is 0.108. The second-order valence-electron chi connectivity index (χ2n) is 7.99. The van der Waals surface area contributed by atoms with Gasteiger partial charge in [-0.15, -0.1) is 0 Å². The van der Waals surface area contributed by atoms with Crippen molar-refractivity contribution < 1.29 is 4.79 Å². The molecule has 2 N–H and O–H groups in total. The predicted molar refractivity (Wildman–Crippen MR) is 83.5 cm³/mol. The van der Waals surface area contributed by atoms with Crippen molar-refractivity contribution in [3.63, 3.8) is 0 Å². The highest BCUT2D eigenvalue weighted by atomic mass is 16.2. The first-order chi connectivity index (χ1) is 9.28. The second-order valence-corrected chi connectivity index (χ2v) is 7.99. The molecule has 3 nitrogen and oxygen atoms in total. The molecule has 0 atom stereocenters. The van der Waals surface area contributed by atoms with Crippen molar-refractivity contribution in [1.82, 2.24) is 10.6 Å². The molecular weight excluding hydrogens is 248 g/mol. The molecule has 0 spiro atoms. The standard InChI is InChI=1S/C17H32N2O/c1-6-7-17(8-10-18-11-9-17)14(20)19-12-13-15(2,3)16(13,4)5/h13,18H,6-12H2,1-5H3,(H,19,20). The molecule has 20 heavy (non-hydrogen) atoms. The van der Waals surface area contributed by atoms with E-state index in [4.69, 9.17) is 0 Å². The summed E-state index contributed by atoms with van der Waals surface area (Å²) in [6.07, 6.45) is 4.10. The van der Waals surface area contributed by atoms with E-state index in [9.17, 15) is 4.79 Å². The van der Waals surface area contributed by atoms with Gasteiger partial charge in [-0.3, -0.25) is 4.79 Å². The van der Waals surface area contributed by atoms with Gasteiger partial charge in [0.2, 0.25) is 5.91 Å². The second kappa shape index (κ2) is 5.32. The molecule has 3 heteroatoms. The molecule has 116 valence electrons. The molecule has 1 heterocycles. The molecule has 1 amide bonds. The Labute approximate surface area is 124 Å². The first-order valence-corrected chi connectivity index (χ1v) is 8.27. The van der Waals surface area contributed by atoms with E-state index in [1.165, 1.54) is 0 Å². The summed E-state index contributed by atoms with van der Waals surface area (Å²) in [6, 6.07) is 0. The third-order valence-corrected chi connectivity index (χ3v) is 6.56. The van der Waals surface area contributed by atoms with Crippen LogP contribution in [-0.2, 0) is 4.79 Å². The molecule has 0 aromatic heterocycles. The van der Waals surface area contributed by atoms with E-state index in [2.05, 4.69) is 45.3 Å². The number of hydrogen-bond acceptors (Lipinski definition) is 2. The van der Waals surface area contributed by atoms with Crippen LogP contribution in [0.3, 0.4) is 0 Å². The fourth-order valence-corrected chi connectivity index (χ4v) is 4.20. The van der Waals surface area contributed by atoms with Gasteiger partial charge in [0, 0.05) is 6.54 Å². The van der Waals surface area contributed by atoms with Crippen molar-refractivity contribution in [1.29, 1.82) is 0 Å². The zero-order valence-electron chi connectivity index (χ0n) is 13.9.